The van der Waals surface area contributed by atoms with E-state index in [4.69, 9.17) is 5.73 Å². The summed E-state index contributed by atoms with van der Waals surface area (Å²) in [6.45, 7) is 4.25. The van der Waals surface area contributed by atoms with Gasteiger partial charge >= 0.3 is 0 Å². The summed E-state index contributed by atoms with van der Waals surface area (Å²) in [5.41, 5.74) is 9.83. The van der Waals surface area contributed by atoms with Crippen molar-refractivity contribution in [2.45, 2.75) is 20.4 Å². The second kappa shape index (κ2) is 4.91. The van der Waals surface area contributed by atoms with Gasteiger partial charge in [0.15, 0.2) is 0 Å². The van der Waals surface area contributed by atoms with Crippen LogP contribution >= 0.6 is 0 Å². The number of aromatic amines is 1. The van der Waals surface area contributed by atoms with Crippen molar-refractivity contribution in [1.29, 1.82) is 0 Å². The fourth-order valence-corrected chi connectivity index (χ4v) is 1.77. The molecular formula is C13H16N4O. The molecule has 0 radical (unpaired) electrons. The standard InChI is InChI=1S/C13H16N4O/c1-8-5-9(2)12(14)6-11(8)13(18)15-7-10-3-4-16-17-10/h3-6H,7,14H2,1-2H3,(H,15,18)(H,16,17). The summed E-state index contributed by atoms with van der Waals surface area (Å²) in [5, 5.41) is 9.43. The molecule has 0 atom stereocenters. The molecule has 1 aromatic carbocycles. The monoisotopic (exact) mass is 244 g/mol. The fourth-order valence-electron chi connectivity index (χ4n) is 1.77. The third kappa shape index (κ3) is 2.51. The van der Waals surface area contributed by atoms with Crippen molar-refractivity contribution >= 4 is 11.6 Å². The lowest BCUT2D eigenvalue weighted by atomic mass is 10.0. The van der Waals surface area contributed by atoms with E-state index in [9.17, 15) is 4.79 Å². The predicted octanol–water partition coefficient (Wildman–Crippen LogP) is 1.54. The van der Waals surface area contributed by atoms with Crippen molar-refractivity contribution in [1.82, 2.24) is 15.5 Å². The van der Waals surface area contributed by atoms with E-state index in [1.54, 1.807) is 12.3 Å². The Morgan fingerprint density at radius 3 is 2.83 bits per heavy atom. The third-order valence-corrected chi connectivity index (χ3v) is 2.86. The Bertz CT molecular complexity index is 561. The molecule has 0 aliphatic rings. The third-order valence-electron chi connectivity index (χ3n) is 2.86. The highest BCUT2D eigenvalue weighted by molar-refractivity contribution is 5.96. The van der Waals surface area contributed by atoms with Crippen LogP contribution in [0.25, 0.3) is 0 Å². The van der Waals surface area contributed by atoms with Gasteiger partial charge in [-0.15, -0.1) is 0 Å². The minimum Gasteiger partial charge on any atom is -0.398 e. The van der Waals surface area contributed by atoms with Gasteiger partial charge in [0.2, 0.25) is 0 Å². The van der Waals surface area contributed by atoms with Crippen LogP contribution in [0.3, 0.4) is 0 Å². The zero-order chi connectivity index (χ0) is 13.1. The van der Waals surface area contributed by atoms with Gasteiger partial charge in [-0.2, -0.15) is 5.10 Å². The second-order valence-corrected chi connectivity index (χ2v) is 4.29. The van der Waals surface area contributed by atoms with Crippen LogP contribution < -0.4 is 11.1 Å². The molecule has 0 spiro atoms. The summed E-state index contributed by atoms with van der Waals surface area (Å²) in [6.07, 6.45) is 1.65. The van der Waals surface area contributed by atoms with Crippen molar-refractivity contribution in [3.8, 4) is 0 Å². The Morgan fingerprint density at radius 2 is 2.17 bits per heavy atom. The molecule has 4 N–H and O–H groups in total. The average molecular weight is 244 g/mol. The molecule has 18 heavy (non-hydrogen) atoms. The van der Waals surface area contributed by atoms with E-state index in [-0.39, 0.29) is 5.91 Å². The van der Waals surface area contributed by atoms with Gasteiger partial charge in [0, 0.05) is 17.4 Å². The van der Waals surface area contributed by atoms with Crippen LogP contribution in [-0.2, 0) is 6.54 Å². The van der Waals surface area contributed by atoms with Gasteiger partial charge in [0.25, 0.3) is 5.91 Å². The van der Waals surface area contributed by atoms with Crippen LogP contribution in [0, 0.1) is 13.8 Å². The molecule has 5 heteroatoms. The van der Waals surface area contributed by atoms with Crippen LogP contribution in [0.2, 0.25) is 0 Å². The first-order valence-corrected chi connectivity index (χ1v) is 5.71. The van der Waals surface area contributed by atoms with E-state index in [1.165, 1.54) is 0 Å². The lowest BCUT2D eigenvalue weighted by Gasteiger charge is -2.09. The topological polar surface area (TPSA) is 83.8 Å². The molecule has 0 aliphatic carbocycles. The van der Waals surface area contributed by atoms with Gasteiger partial charge in [-0.25, -0.2) is 0 Å². The van der Waals surface area contributed by atoms with E-state index in [0.29, 0.717) is 17.8 Å². The van der Waals surface area contributed by atoms with Crippen LogP contribution in [0.15, 0.2) is 24.4 Å². The molecule has 0 fully saturated rings. The van der Waals surface area contributed by atoms with E-state index in [0.717, 1.165) is 16.8 Å². The SMILES string of the molecule is Cc1cc(C)c(C(=O)NCc2ccn[nH]2)cc1N. The molecule has 1 amide bonds. The Hall–Kier alpha value is -2.30. The summed E-state index contributed by atoms with van der Waals surface area (Å²) >= 11 is 0. The van der Waals surface area contributed by atoms with Crippen LogP contribution in [-0.4, -0.2) is 16.1 Å². The maximum atomic E-state index is 12.0. The molecule has 0 aliphatic heterocycles. The molecule has 0 saturated heterocycles. The van der Waals surface area contributed by atoms with E-state index in [2.05, 4.69) is 15.5 Å². The lowest BCUT2D eigenvalue weighted by molar-refractivity contribution is 0.0950. The number of benzene rings is 1. The van der Waals surface area contributed by atoms with Crippen LogP contribution in [0.4, 0.5) is 5.69 Å². The quantitative estimate of drug-likeness (QED) is 0.716. The molecule has 94 valence electrons. The smallest absolute Gasteiger partial charge is 0.251 e. The van der Waals surface area contributed by atoms with Gasteiger partial charge in [-0.05, 0) is 37.1 Å². The number of carbonyl (C=O) groups is 1. The van der Waals surface area contributed by atoms with Crippen molar-refractivity contribution in [3.05, 3.63) is 46.8 Å². The Labute approximate surface area is 105 Å². The number of nitrogens with two attached hydrogens (primary N) is 1. The largest absolute Gasteiger partial charge is 0.398 e. The summed E-state index contributed by atoms with van der Waals surface area (Å²) in [7, 11) is 0. The Morgan fingerprint density at radius 1 is 1.39 bits per heavy atom. The highest BCUT2D eigenvalue weighted by Crippen LogP contribution is 2.17. The van der Waals surface area contributed by atoms with E-state index >= 15 is 0 Å². The zero-order valence-electron chi connectivity index (χ0n) is 10.4. The fraction of sp³-hybridized carbons (Fsp3) is 0.231. The summed E-state index contributed by atoms with van der Waals surface area (Å²) in [6, 6.07) is 5.45. The summed E-state index contributed by atoms with van der Waals surface area (Å²) < 4.78 is 0. The number of H-pyrrole nitrogens is 1. The van der Waals surface area contributed by atoms with Gasteiger partial charge < -0.3 is 11.1 Å². The molecular weight excluding hydrogens is 228 g/mol. The molecule has 2 rings (SSSR count). The molecule has 0 unspecified atom stereocenters. The first-order valence-electron chi connectivity index (χ1n) is 5.71. The Kier molecular flexibility index (Phi) is 3.32. The molecule has 5 nitrogen and oxygen atoms in total. The maximum absolute atomic E-state index is 12.0. The van der Waals surface area contributed by atoms with Gasteiger partial charge in [-0.1, -0.05) is 6.07 Å². The highest BCUT2D eigenvalue weighted by Gasteiger charge is 2.10. The molecule has 0 saturated carbocycles. The number of aryl methyl sites for hydroxylation is 2. The van der Waals surface area contributed by atoms with Crippen LogP contribution in [0.5, 0.6) is 0 Å². The summed E-state index contributed by atoms with van der Waals surface area (Å²) in [4.78, 5) is 12.0. The van der Waals surface area contributed by atoms with Gasteiger partial charge in [0.05, 0.1) is 12.2 Å². The number of nitrogen functional groups attached to an aromatic ring is 1. The maximum Gasteiger partial charge on any atom is 0.251 e. The number of anilines is 1. The van der Waals surface area contributed by atoms with E-state index < -0.39 is 0 Å². The second-order valence-electron chi connectivity index (χ2n) is 4.29. The first kappa shape index (κ1) is 12.2. The number of aromatic nitrogens is 2. The number of rotatable bonds is 3. The molecule has 2 aromatic rings. The number of hydrogen-bond acceptors (Lipinski definition) is 3. The predicted molar refractivity (Wildman–Crippen MR) is 70.1 cm³/mol. The first-order chi connectivity index (χ1) is 8.58. The number of nitrogens with zero attached hydrogens (tertiary/aromatic N) is 1. The van der Waals surface area contributed by atoms with Crippen molar-refractivity contribution in [2.24, 2.45) is 0 Å². The van der Waals surface area contributed by atoms with Gasteiger partial charge in [0.1, 0.15) is 0 Å². The minimum absolute atomic E-state index is 0.131. The van der Waals surface area contributed by atoms with E-state index in [1.807, 2.05) is 26.0 Å². The number of amides is 1. The summed E-state index contributed by atoms with van der Waals surface area (Å²) in [5.74, 6) is -0.131. The number of carbonyl (C=O) groups excluding carboxylic acids is 1. The van der Waals surface area contributed by atoms with Crippen molar-refractivity contribution < 1.29 is 4.79 Å². The normalized spacial score (nSPS) is 10.3. The van der Waals surface area contributed by atoms with Crippen LogP contribution in [0.1, 0.15) is 27.2 Å². The number of hydrogen-bond donors (Lipinski definition) is 3. The van der Waals surface area contributed by atoms with Crippen molar-refractivity contribution in [2.75, 3.05) is 5.73 Å². The van der Waals surface area contributed by atoms with Gasteiger partial charge in [-0.3, -0.25) is 9.89 Å². The molecule has 1 heterocycles. The van der Waals surface area contributed by atoms with Crippen molar-refractivity contribution in [3.63, 3.8) is 0 Å². The highest BCUT2D eigenvalue weighted by atomic mass is 16.1. The average Bonchev–Trinajstić information content (AvgIpc) is 2.84. The lowest BCUT2D eigenvalue weighted by Crippen LogP contribution is -2.24. The zero-order valence-corrected chi connectivity index (χ0v) is 10.4. The molecule has 1 aromatic heterocycles. The number of nitrogens with one attached hydrogen (secondary N) is 2. The molecule has 0 bridgehead atoms. The Balaban J connectivity index is 2.11. The minimum atomic E-state index is -0.131.